The van der Waals surface area contributed by atoms with Gasteiger partial charge in [0, 0.05) is 11.8 Å². The Bertz CT molecular complexity index is 452. The molecule has 0 aliphatic heterocycles. The van der Waals surface area contributed by atoms with Crippen molar-refractivity contribution in [3.8, 4) is 11.8 Å². The summed E-state index contributed by atoms with van der Waals surface area (Å²) in [7, 11) is 0. The fourth-order valence-corrected chi connectivity index (χ4v) is 1.31. The molecule has 5 nitrogen and oxygen atoms in total. The lowest BCUT2D eigenvalue weighted by Crippen LogP contribution is -2.39. The molecule has 0 aliphatic rings. The first-order chi connectivity index (χ1) is 8.54. The second-order valence-corrected chi connectivity index (χ2v) is 4.23. The summed E-state index contributed by atoms with van der Waals surface area (Å²) < 4.78 is 5.14. The minimum atomic E-state index is -0.548. The van der Waals surface area contributed by atoms with Crippen molar-refractivity contribution in [1.29, 1.82) is 5.26 Å². The highest BCUT2D eigenvalue weighted by molar-refractivity contribution is 5.94. The molecule has 1 rings (SSSR count). The van der Waals surface area contributed by atoms with Gasteiger partial charge in [0.1, 0.15) is 11.8 Å². The van der Waals surface area contributed by atoms with Gasteiger partial charge < -0.3 is 15.8 Å². The van der Waals surface area contributed by atoms with Gasteiger partial charge in [-0.2, -0.15) is 5.26 Å². The number of ether oxygens (including phenoxy) is 1. The Morgan fingerprint density at radius 3 is 2.89 bits per heavy atom. The fraction of sp³-hybridized carbons (Fsp3) is 0.385. The number of amides is 1. The molecule has 0 heterocycles. The van der Waals surface area contributed by atoms with Gasteiger partial charge in [0.25, 0.3) is 0 Å². The molecule has 18 heavy (non-hydrogen) atoms. The number of carbonyl (C=O) groups excluding carboxylic acids is 1. The summed E-state index contributed by atoms with van der Waals surface area (Å²) in [5.74, 6) is 0.373. The second kappa shape index (κ2) is 6.62. The number of nitrogens with two attached hydrogens (primary N) is 1. The summed E-state index contributed by atoms with van der Waals surface area (Å²) in [6.45, 7) is 3.75. The summed E-state index contributed by atoms with van der Waals surface area (Å²) in [5.41, 5.74) is 6.34. The molecule has 1 aromatic carbocycles. The minimum absolute atomic E-state index is 0.0249. The molecule has 0 bridgehead atoms. The van der Waals surface area contributed by atoms with E-state index in [4.69, 9.17) is 15.7 Å². The Hall–Kier alpha value is -2.06. The standard InChI is InChI=1S/C13H17N3O2/c1-9(2)12(15)13(17)16-10-4-3-5-11(8-10)18-7-6-14/h3-5,8-9,12H,7,15H2,1-2H3,(H,16,17)/t12-/m1/s1. The molecule has 96 valence electrons. The Morgan fingerprint density at radius 2 is 2.28 bits per heavy atom. The summed E-state index contributed by atoms with van der Waals surface area (Å²) in [6, 6.07) is 8.18. The van der Waals surface area contributed by atoms with E-state index in [9.17, 15) is 4.79 Å². The molecule has 1 aromatic rings. The zero-order valence-corrected chi connectivity index (χ0v) is 10.5. The van der Waals surface area contributed by atoms with Gasteiger partial charge in [-0.3, -0.25) is 4.79 Å². The van der Waals surface area contributed by atoms with Crippen molar-refractivity contribution in [2.24, 2.45) is 11.7 Å². The van der Waals surface area contributed by atoms with E-state index in [2.05, 4.69) is 5.32 Å². The highest BCUT2D eigenvalue weighted by Crippen LogP contribution is 2.17. The molecule has 0 radical (unpaired) electrons. The van der Waals surface area contributed by atoms with Crippen molar-refractivity contribution < 1.29 is 9.53 Å². The SMILES string of the molecule is CC(C)[C@@H](N)C(=O)Nc1cccc(OCC#N)c1. The largest absolute Gasteiger partial charge is 0.479 e. The Labute approximate surface area is 107 Å². The number of anilines is 1. The third-order valence-electron chi connectivity index (χ3n) is 2.43. The first-order valence-corrected chi connectivity index (χ1v) is 5.71. The van der Waals surface area contributed by atoms with E-state index in [0.717, 1.165) is 0 Å². The third-order valence-corrected chi connectivity index (χ3v) is 2.43. The average Bonchev–Trinajstić information content (AvgIpc) is 2.35. The number of nitriles is 1. The molecule has 0 spiro atoms. The normalized spacial score (nSPS) is 11.7. The van der Waals surface area contributed by atoms with E-state index in [1.54, 1.807) is 24.3 Å². The quantitative estimate of drug-likeness (QED) is 0.825. The minimum Gasteiger partial charge on any atom is -0.479 e. The van der Waals surface area contributed by atoms with Crippen LogP contribution in [0.25, 0.3) is 0 Å². The lowest BCUT2D eigenvalue weighted by atomic mass is 10.0. The van der Waals surface area contributed by atoms with Crippen molar-refractivity contribution in [3.05, 3.63) is 24.3 Å². The number of benzene rings is 1. The lowest BCUT2D eigenvalue weighted by Gasteiger charge is -2.15. The van der Waals surface area contributed by atoms with Gasteiger partial charge in [0.05, 0.1) is 6.04 Å². The topological polar surface area (TPSA) is 88.1 Å². The van der Waals surface area contributed by atoms with Crippen LogP contribution in [0.15, 0.2) is 24.3 Å². The zero-order valence-electron chi connectivity index (χ0n) is 10.5. The first kappa shape index (κ1) is 14.0. The number of nitrogens with zero attached hydrogens (tertiary/aromatic N) is 1. The van der Waals surface area contributed by atoms with Crippen LogP contribution in [-0.4, -0.2) is 18.6 Å². The van der Waals surface area contributed by atoms with Crippen LogP contribution in [0.3, 0.4) is 0 Å². The molecule has 0 aromatic heterocycles. The molecule has 1 amide bonds. The molecular weight excluding hydrogens is 230 g/mol. The molecule has 1 atom stereocenters. The summed E-state index contributed by atoms with van der Waals surface area (Å²) in [5, 5.41) is 11.1. The van der Waals surface area contributed by atoms with E-state index in [0.29, 0.717) is 11.4 Å². The number of nitrogens with one attached hydrogen (secondary N) is 1. The van der Waals surface area contributed by atoms with Gasteiger partial charge in [0.2, 0.25) is 5.91 Å². The van der Waals surface area contributed by atoms with E-state index < -0.39 is 6.04 Å². The highest BCUT2D eigenvalue weighted by Gasteiger charge is 2.17. The van der Waals surface area contributed by atoms with Crippen LogP contribution < -0.4 is 15.8 Å². The van der Waals surface area contributed by atoms with Gasteiger partial charge >= 0.3 is 0 Å². The second-order valence-electron chi connectivity index (χ2n) is 4.23. The van der Waals surface area contributed by atoms with E-state index in [1.807, 2.05) is 19.9 Å². The number of hydrogen-bond donors (Lipinski definition) is 2. The molecule has 0 fully saturated rings. The van der Waals surface area contributed by atoms with Crippen LogP contribution in [0.1, 0.15) is 13.8 Å². The van der Waals surface area contributed by atoms with Gasteiger partial charge in [-0.1, -0.05) is 19.9 Å². The number of rotatable bonds is 5. The third kappa shape index (κ3) is 4.07. The fourth-order valence-electron chi connectivity index (χ4n) is 1.31. The molecule has 3 N–H and O–H groups in total. The van der Waals surface area contributed by atoms with Gasteiger partial charge in [-0.05, 0) is 18.1 Å². The van der Waals surface area contributed by atoms with Crippen LogP contribution in [0.4, 0.5) is 5.69 Å². The maximum absolute atomic E-state index is 11.7. The molecule has 0 saturated heterocycles. The maximum atomic E-state index is 11.7. The van der Waals surface area contributed by atoms with Crippen LogP contribution in [0.2, 0.25) is 0 Å². The molecule has 5 heteroatoms. The Morgan fingerprint density at radius 1 is 1.56 bits per heavy atom. The molecule has 0 unspecified atom stereocenters. The van der Waals surface area contributed by atoms with E-state index in [-0.39, 0.29) is 18.4 Å². The average molecular weight is 247 g/mol. The van der Waals surface area contributed by atoms with Crippen molar-refractivity contribution in [1.82, 2.24) is 0 Å². The summed E-state index contributed by atoms with van der Waals surface area (Å²) in [6.07, 6.45) is 0. The van der Waals surface area contributed by atoms with Crippen LogP contribution in [-0.2, 0) is 4.79 Å². The van der Waals surface area contributed by atoms with Crippen LogP contribution in [0.5, 0.6) is 5.75 Å². The van der Waals surface area contributed by atoms with Crippen LogP contribution in [0, 0.1) is 17.2 Å². The predicted molar refractivity (Wildman–Crippen MR) is 69.0 cm³/mol. The van der Waals surface area contributed by atoms with Crippen molar-refractivity contribution >= 4 is 11.6 Å². The first-order valence-electron chi connectivity index (χ1n) is 5.71. The molecular formula is C13H17N3O2. The summed E-state index contributed by atoms with van der Waals surface area (Å²) >= 11 is 0. The van der Waals surface area contributed by atoms with Gasteiger partial charge in [-0.15, -0.1) is 0 Å². The lowest BCUT2D eigenvalue weighted by molar-refractivity contribution is -0.118. The zero-order chi connectivity index (χ0) is 13.5. The van der Waals surface area contributed by atoms with E-state index >= 15 is 0 Å². The summed E-state index contributed by atoms with van der Waals surface area (Å²) in [4.78, 5) is 11.7. The predicted octanol–water partition coefficient (Wildman–Crippen LogP) is 1.51. The molecule has 0 saturated carbocycles. The Kier molecular flexibility index (Phi) is 5.15. The van der Waals surface area contributed by atoms with Crippen molar-refractivity contribution in [3.63, 3.8) is 0 Å². The van der Waals surface area contributed by atoms with Crippen LogP contribution >= 0.6 is 0 Å². The smallest absolute Gasteiger partial charge is 0.241 e. The van der Waals surface area contributed by atoms with Crippen molar-refractivity contribution in [2.75, 3.05) is 11.9 Å². The number of hydrogen-bond acceptors (Lipinski definition) is 4. The van der Waals surface area contributed by atoms with Gasteiger partial charge in [-0.25, -0.2) is 0 Å². The van der Waals surface area contributed by atoms with Gasteiger partial charge in [0.15, 0.2) is 6.61 Å². The number of carbonyl (C=O) groups is 1. The Balaban J connectivity index is 2.67. The highest BCUT2D eigenvalue weighted by atomic mass is 16.5. The van der Waals surface area contributed by atoms with Crippen molar-refractivity contribution in [2.45, 2.75) is 19.9 Å². The van der Waals surface area contributed by atoms with E-state index in [1.165, 1.54) is 0 Å². The molecule has 0 aliphatic carbocycles. The monoisotopic (exact) mass is 247 g/mol. The maximum Gasteiger partial charge on any atom is 0.241 e.